The lowest BCUT2D eigenvalue weighted by Crippen LogP contribution is -2.22. The molecule has 26 heavy (non-hydrogen) atoms. The lowest BCUT2D eigenvalue weighted by atomic mass is 10.1. The Balaban J connectivity index is 1.83. The van der Waals surface area contributed by atoms with Crippen LogP contribution in [0.1, 0.15) is 16.8 Å². The predicted octanol–water partition coefficient (Wildman–Crippen LogP) is 3.83. The Kier molecular flexibility index (Phi) is 4.01. The van der Waals surface area contributed by atoms with Crippen LogP contribution in [0, 0.1) is 6.92 Å². The summed E-state index contributed by atoms with van der Waals surface area (Å²) in [6, 6.07) is 15.3. The van der Waals surface area contributed by atoms with Gasteiger partial charge in [0.05, 0.1) is 0 Å². The van der Waals surface area contributed by atoms with E-state index in [2.05, 4.69) is 15.2 Å². The van der Waals surface area contributed by atoms with Gasteiger partial charge in [-0.25, -0.2) is 4.79 Å². The number of hydrogen-bond acceptors (Lipinski definition) is 2. The fourth-order valence-corrected chi connectivity index (χ4v) is 3.37. The van der Waals surface area contributed by atoms with Crippen LogP contribution in [0.5, 0.6) is 0 Å². The molecule has 2 aromatic carbocycles. The van der Waals surface area contributed by atoms with E-state index in [0.29, 0.717) is 11.6 Å². The summed E-state index contributed by atoms with van der Waals surface area (Å²) in [5.41, 5.74) is 4.39. The highest BCUT2D eigenvalue weighted by Gasteiger charge is 2.24. The Hall–Kier alpha value is -3.05. The summed E-state index contributed by atoms with van der Waals surface area (Å²) < 4.78 is 2.19. The first-order chi connectivity index (χ1) is 12.5. The molecular weight excluding hydrogens is 350 g/mol. The van der Waals surface area contributed by atoms with E-state index in [4.69, 9.17) is 11.6 Å². The first kappa shape index (κ1) is 16.4. The molecule has 5 nitrogen and oxygen atoms in total. The van der Waals surface area contributed by atoms with Crippen LogP contribution in [0.4, 0.5) is 4.79 Å². The molecule has 2 N–H and O–H groups in total. The van der Waals surface area contributed by atoms with Gasteiger partial charge < -0.3 is 9.88 Å². The quantitative estimate of drug-likeness (QED) is 0.547. The maximum Gasteiger partial charge on any atom is 0.326 e. The summed E-state index contributed by atoms with van der Waals surface area (Å²) in [6.07, 6.45) is 1.73. The Bertz CT molecular complexity index is 1060. The number of nitrogens with one attached hydrogen (secondary N) is 2. The van der Waals surface area contributed by atoms with Gasteiger partial charge in [-0.05, 0) is 36.8 Å². The number of hydrogen-bond donors (Lipinski definition) is 2. The van der Waals surface area contributed by atoms with E-state index < -0.39 is 11.9 Å². The monoisotopic (exact) mass is 365 g/mol. The van der Waals surface area contributed by atoms with Crippen molar-refractivity contribution in [2.75, 3.05) is 0 Å². The minimum atomic E-state index is -0.496. The molecule has 1 saturated heterocycles. The molecule has 1 aromatic heterocycles. The number of nitrogens with zero attached hydrogens (tertiary/aromatic N) is 1. The lowest BCUT2D eigenvalue weighted by molar-refractivity contribution is -0.115. The summed E-state index contributed by atoms with van der Waals surface area (Å²) in [4.78, 5) is 23.3. The molecule has 6 heteroatoms. The van der Waals surface area contributed by atoms with Crippen molar-refractivity contribution in [2.45, 2.75) is 13.5 Å². The van der Waals surface area contributed by atoms with E-state index in [1.807, 2.05) is 55.5 Å². The highest BCUT2D eigenvalue weighted by atomic mass is 35.5. The maximum absolute atomic E-state index is 11.9. The number of fused-ring (bicyclic) bond motifs is 1. The molecule has 0 unspecified atom stereocenters. The van der Waals surface area contributed by atoms with Crippen LogP contribution < -0.4 is 10.6 Å². The fraction of sp³-hybridized carbons (Fsp3) is 0.100. The van der Waals surface area contributed by atoms with Gasteiger partial charge in [-0.15, -0.1) is 0 Å². The number of carbonyl (C=O) groups excluding carboxylic acids is 2. The van der Waals surface area contributed by atoms with Crippen LogP contribution in [0.15, 0.2) is 54.2 Å². The smallest absolute Gasteiger partial charge is 0.326 e. The maximum atomic E-state index is 11.9. The zero-order chi connectivity index (χ0) is 18.3. The molecule has 0 aliphatic carbocycles. The summed E-state index contributed by atoms with van der Waals surface area (Å²) >= 11 is 5.98. The zero-order valence-electron chi connectivity index (χ0n) is 14.0. The van der Waals surface area contributed by atoms with Crippen LogP contribution in [0.3, 0.4) is 0 Å². The van der Waals surface area contributed by atoms with E-state index in [1.54, 1.807) is 6.08 Å². The van der Waals surface area contributed by atoms with Crippen molar-refractivity contribution < 1.29 is 9.59 Å². The van der Waals surface area contributed by atoms with Crippen molar-refractivity contribution >= 4 is 40.5 Å². The van der Waals surface area contributed by atoms with Crippen LogP contribution >= 0.6 is 11.6 Å². The first-order valence-corrected chi connectivity index (χ1v) is 8.57. The van der Waals surface area contributed by atoms with Crippen molar-refractivity contribution in [2.24, 2.45) is 0 Å². The number of imide groups is 1. The van der Waals surface area contributed by atoms with Gasteiger partial charge in [-0.2, -0.15) is 0 Å². The average molecular weight is 366 g/mol. The Morgan fingerprint density at radius 1 is 1.04 bits per heavy atom. The van der Waals surface area contributed by atoms with E-state index in [0.717, 1.165) is 27.7 Å². The Labute approximate surface area is 155 Å². The molecule has 1 aliphatic heterocycles. The van der Waals surface area contributed by atoms with Gasteiger partial charge in [-0.1, -0.05) is 41.9 Å². The standard InChI is InChI=1S/C20H16ClN3O2/c1-12-16(10-17-19(25)23-20(26)22-17)15-4-2-3-5-18(15)24(12)11-13-6-8-14(21)9-7-13/h2-10H,11H2,1H3,(H2,22,23,25,26)/b17-10+. The second kappa shape index (κ2) is 6.35. The number of urea groups is 1. The van der Waals surface area contributed by atoms with Crippen molar-refractivity contribution in [3.05, 3.63) is 76.1 Å². The van der Waals surface area contributed by atoms with E-state index in [1.165, 1.54) is 0 Å². The third-order valence-corrected chi connectivity index (χ3v) is 4.79. The van der Waals surface area contributed by atoms with E-state index >= 15 is 0 Å². The Morgan fingerprint density at radius 3 is 2.46 bits per heavy atom. The van der Waals surface area contributed by atoms with Crippen molar-refractivity contribution in [3.8, 4) is 0 Å². The van der Waals surface area contributed by atoms with Gasteiger partial charge in [0.2, 0.25) is 0 Å². The molecule has 2 heterocycles. The first-order valence-electron chi connectivity index (χ1n) is 8.19. The number of amides is 3. The van der Waals surface area contributed by atoms with Crippen molar-refractivity contribution in [1.29, 1.82) is 0 Å². The van der Waals surface area contributed by atoms with Crippen molar-refractivity contribution in [3.63, 3.8) is 0 Å². The number of aromatic nitrogens is 1. The Morgan fingerprint density at radius 2 is 1.77 bits per heavy atom. The molecule has 0 atom stereocenters. The minimum absolute atomic E-state index is 0.257. The van der Waals surface area contributed by atoms with Crippen LogP contribution in [-0.4, -0.2) is 16.5 Å². The second-order valence-electron chi connectivity index (χ2n) is 6.20. The molecule has 0 radical (unpaired) electrons. The van der Waals surface area contributed by atoms with Gasteiger partial charge in [0.15, 0.2) is 0 Å². The van der Waals surface area contributed by atoms with Gasteiger partial charge in [0, 0.05) is 33.7 Å². The summed E-state index contributed by atoms with van der Waals surface area (Å²) in [6.45, 7) is 2.70. The number of carbonyl (C=O) groups is 2. The van der Waals surface area contributed by atoms with Gasteiger partial charge in [0.25, 0.3) is 5.91 Å². The number of halogens is 1. The van der Waals surface area contributed by atoms with Crippen LogP contribution in [0.25, 0.3) is 17.0 Å². The van der Waals surface area contributed by atoms with Gasteiger partial charge >= 0.3 is 6.03 Å². The molecule has 3 aromatic rings. The molecule has 1 aliphatic rings. The zero-order valence-corrected chi connectivity index (χ0v) is 14.8. The molecular formula is C20H16ClN3O2. The molecule has 3 amide bonds. The predicted molar refractivity (Wildman–Crippen MR) is 102 cm³/mol. The van der Waals surface area contributed by atoms with Gasteiger partial charge in [-0.3, -0.25) is 10.1 Å². The second-order valence-corrected chi connectivity index (χ2v) is 6.63. The lowest BCUT2D eigenvalue weighted by Gasteiger charge is -2.09. The third kappa shape index (κ3) is 2.86. The van der Waals surface area contributed by atoms with Crippen LogP contribution in [0.2, 0.25) is 5.02 Å². The molecule has 4 rings (SSSR count). The molecule has 0 saturated carbocycles. The van der Waals surface area contributed by atoms with Crippen molar-refractivity contribution in [1.82, 2.24) is 15.2 Å². The average Bonchev–Trinajstić information content (AvgIpc) is 3.08. The highest BCUT2D eigenvalue weighted by Crippen LogP contribution is 2.29. The summed E-state index contributed by atoms with van der Waals surface area (Å²) in [5, 5.41) is 6.51. The van der Waals surface area contributed by atoms with Crippen LogP contribution in [-0.2, 0) is 11.3 Å². The summed E-state index contributed by atoms with van der Waals surface area (Å²) in [5.74, 6) is -0.413. The SMILES string of the molecule is Cc1c(/C=C2/NC(=O)NC2=O)c2ccccc2n1Cc1ccc(Cl)cc1. The number of para-hydroxylation sites is 1. The molecule has 0 spiro atoms. The number of rotatable bonds is 3. The minimum Gasteiger partial charge on any atom is -0.340 e. The molecule has 130 valence electrons. The van der Waals surface area contributed by atoms with Gasteiger partial charge in [0.1, 0.15) is 5.70 Å². The number of benzene rings is 2. The van der Waals surface area contributed by atoms with E-state index in [9.17, 15) is 9.59 Å². The topological polar surface area (TPSA) is 63.1 Å². The normalized spacial score (nSPS) is 15.5. The van der Waals surface area contributed by atoms with E-state index in [-0.39, 0.29) is 5.70 Å². The fourth-order valence-electron chi connectivity index (χ4n) is 3.24. The highest BCUT2D eigenvalue weighted by molar-refractivity contribution is 6.30. The third-order valence-electron chi connectivity index (χ3n) is 4.54. The summed E-state index contributed by atoms with van der Waals surface area (Å²) in [7, 11) is 0. The molecule has 1 fully saturated rings. The molecule has 0 bridgehead atoms. The largest absolute Gasteiger partial charge is 0.340 e.